The lowest BCUT2D eigenvalue weighted by Gasteiger charge is -2.24. The van der Waals surface area contributed by atoms with Crippen LogP contribution < -0.4 is 0 Å². The van der Waals surface area contributed by atoms with Gasteiger partial charge in [-0.1, -0.05) is 30.3 Å². The third-order valence-corrected chi connectivity index (χ3v) is 4.00. The molecule has 1 aliphatic rings. The fourth-order valence-corrected chi connectivity index (χ4v) is 2.96. The molecule has 0 bridgehead atoms. The Kier molecular flexibility index (Phi) is 4.86. The Morgan fingerprint density at radius 1 is 1.38 bits per heavy atom. The molecule has 2 nitrogen and oxygen atoms in total. The van der Waals surface area contributed by atoms with Gasteiger partial charge in [-0.15, -0.1) is 0 Å². The second kappa shape index (κ2) is 6.46. The Hall–Kier alpha value is -1.58. The summed E-state index contributed by atoms with van der Waals surface area (Å²) in [5, 5.41) is 0.568. The fraction of sp³-hybridized carbons (Fsp3) is 0.118. The second-order valence-electron chi connectivity index (χ2n) is 4.69. The van der Waals surface area contributed by atoms with Crippen molar-refractivity contribution in [3.63, 3.8) is 0 Å². The molecule has 1 aromatic carbocycles. The molecule has 21 heavy (non-hydrogen) atoms. The molecule has 108 valence electrons. The number of allylic oxidation sites excluding steroid dienone is 4. The number of halogens is 2. The van der Waals surface area contributed by atoms with E-state index in [9.17, 15) is 4.79 Å². The maximum atomic E-state index is 12.2. The summed E-state index contributed by atoms with van der Waals surface area (Å²) in [5.74, 6) is -0.0378. The number of aryl methyl sites for hydroxylation is 1. The van der Waals surface area contributed by atoms with Crippen molar-refractivity contribution in [2.24, 2.45) is 0 Å². The topological polar surface area (TPSA) is 20.3 Å². The van der Waals surface area contributed by atoms with Crippen LogP contribution in [0, 0.1) is 6.92 Å². The lowest BCUT2D eigenvalue weighted by atomic mass is 9.94. The predicted octanol–water partition coefficient (Wildman–Crippen LogP) is 5.20. The monoisotopic (exact) mass is 363 g/mol. The van der Waals surface area contributed by atoms with E-state index < -0.39 is 0 Å². The number of carbonyl (C=O) groups is 1. The molecule has 0 radical (unpaired) electrons. The van der Waals surface area contributed by atoms with Crippen molar-refractivity contribution in [2.75, 3.05) is 0 Å². The predicted molar refractivity (Wildman–Crippen MR) is 92.0 cm³/mol. The van der Waals surface area contributed by atoms with Crippen molar-refractivity contribution in [3.05, 3.63) is 75.7 Å². The van der Waals surface area contributed by atoms with Gasteiger partial charge >= 0.3 is 0 Å². The van der Waals surface area contributed by atoms with Gasteiger partial charge in [0.15, 0.2) is 5.78 Å². The van der Waals surface area contributed by atoms with Gasteiger partial charge in [-0.25, -0.2) is 0 Å². The van der Waals surface area contributed by atoms with Gasteiger partial charge in [0.1, 0.15) is 0 Å². The normalized spacial score (nSPS) is 16.6. The highest BCUT2D eigenvalue weighted by molar-refractivity contribution is 9.11. The van der Waals surface area contributed by atoms with Crippen molar-refractivity contribution in [1.82, 2.24) is 4.90 Å². The number of hydrogen-bond donors (Lipinski definition) is 0. The quantitative estimate of drug-likeness (QED) is 0.687. The Balaban J connectivity index is 2.75. The lowest BCUT2D eigenvalue weighted by molar-refractivity contribution is -0.111. The number of rotatable bonds is 3. The minimum absolute atomic E-state index is 0.0378. The Morgan fingerprint density at radius 3 is 2.67 bits per heavy atom. The van der Waals surface area contributed by atoms with E-state index in [-0.39, 0.29) is 5.78 Å². The van der Waals surface area contributed by atoms with Gasteiger partial charge in [-0.05, 0) is 53.6 Å². The number of ketones is 1. The standard InChI is InChI=1S/C17H15BrClNO/c1-4-20-10-13(18)8-9-15(20)17(12(3)21)16-11(2)6-5-7-14(16)19/h4-10H,1H2,2-3H3/b17-15+. The first-order valence-corrected chi connectivity index (χ1v) is 7.59. The van der Waals surface area contributed by atoms with Crippen molar-refractivity contribution in [1.29, 1.82) is 0 Å². The van der Waals surface area contributed by atoms with Crippen molar-refractivity contribution in [2.45, 2.75) is 13.8 Å². The smallest absolute Gasteiger partial charge is 0.162 e. The molecule has 2 rings (SSSR count). The molecule has 0 atom stereocenters. The third-order valence-electron chi connectivity index (χ3n) is 3.22. The SMILES string of the molecule is C=CN1C=C(Br)C=C/C1=C(/C(C)=O)c1c(C)cccc1Cl. The molecule has 4 heteroatoms. The maximum absolute atomic E-state index is 12.2. The second-order valence-corrected chi connectivity index (χ2v) is 6.01. The van der Waals surface area contributed by atoms with Crippen LogP contribution in [0.15, 0.2) is 59.5 Å². The molecule has 1 aromatic rings. The molecular weight excluding hydrogens is 350 g/mol. The molecule has 0 amide bonds. The summed E-state index contributed by atoms with van der Waals surface area (Å²) in [6.07, 6.45) is 7.29. The molecule has 0 aliphatic carbocycles. The molecule has 0 fully saturated rings. The first kappa shape index (κ1) is 15.8. The van der Waals surface area contributed by atoms with E-state index in [4.69, 9.17) is 11.6 Å². The zero-order valence-corrected chi connectivity index (χ0v) is 14.2. The van der Waals surface area contributed by atoms with E-state index >= 15 is 0 Å². The van der Waals surface area contributed by atoms with E-state index in [1.807, 2.05) is 42.3 Å². The van der Waals surface area contributed by atoms with Crippen LogP contribution in [0.25, 0.3) is 5.57 Å². The highest BCUT2D eigenvalue weighted by Crippen LogP contribution is 2.34. The Morgan fingerprint density at radius 2 is 2.10 bits per heavy atom. The highest BCUT2D eigenvalue weighted by atomic mass is 79.9. The molecule has 0 N–H and O–H groups in total. The van der Waals surface area contributed by atoms with Crippen LogP contribution in [0.2, 0.25) is 5.02 Å². The van der Waals surface area contributed by atoms with Crippen LogP contribution in [0.4, 0.5) is 0 Å². The van der Waals surface area contributed by atoms with E-state index in [2.05, 4.69) is 22.5 Å². The van der Waals surface area contributed by atoms with Gasteiger partial charge < -0.3 is 4.90 Å². The first-order valence-electron chi connectivity index (χ1n) is 6.42. The summed E-state index contributed by atoms with van der Waals surface area (Å²) in [4.78, 5) is 14.1. The van der Waals surface area contributed by atoms with Gasteiger partial charge in [0.2, 0.25) is 0 Å². The average molecular weight is 365 g/mol. The minimum atomic E-state index is -0.0378. The minimum Gasteiger partial charge on any atom is -0.323 e. The number of carbonyl (C=O) groups excluding carboxylic acids is 1. The summed E-state index contributed by atoms with van der Waals surface area (Å²) >= 11 is 9.75. The maximum Gasteiger partial charge on any atom is 0.162 e. The van der Waals surface area contributed by atoms with Gasteiger partial charge in [0.05, 0.1) is 11.3 Å². The number of nitrogens with zero attached hydrogens (tertiary/aromatic N) is 1. The molecule has 0 saturated heterocycles. The zero-order valence-electron chi connectivity index (χ0n) is 11.9. The molecule has 0 spiro atoms. The summed E-state index contributed by atoms with van der Waals surface area (Å²) in [6, 6.07) is 5.62. The third kappa shape index (κ3) is 3.20. The van der Waals surface area contributed by atoms with Gasteiger partial charge in [-0.3, -0.25) is 4.79 Å². The first-order chi connectivity index (χ1) is 9.95. The average Bonchev–Trinajstić information content (AvgIpc) is 2.43. The van der Waals surface area contributed by atoms with Gasteiger partial charge in [0.25, 0.3) is 0 Å². The van der Waals surface area contributed by atoms with Gasteiger partial charge in [-0.2, -0.15) is 0 Å². The van der Waals surface area contributed by atoms with E-state index in [0.29, 0.717) is 10.6 Å². The van der Waals surface area contributed by atoms with Crippen molar-refractivity contribution < 1.29 is 4.79 Å². The molecular formula is C17H15BrClNO. The summed E-state index contributed by atoms with van der Waals surface area (Å²) in [5.41, 5.74) is 3.08. The van der Waals surface area contributed by atoms with Crippen LogP contribution in [-0.4, -0.2) is 10.7 Å². The van der Waals surface area contributed by atoms with Crippen LogP contribution in [0.3, 0.4) is 0 Å². The molecule has 0 aromatic heterocycles. The fourth-order valence-electron chi connectivity index (χ4n) is 2.29. The van der Waals surface area contributed by atoms with Crippen LogP contribution in [0.1, 0.15) is 18.1 Å². The van der Waals surface area contributed by atoms with Crippen molar-refractivity contribution >= 4 is 38.9 Å². The number of hydrogen-bond acceptors (Lipinski definition) is 2. The van der Waals surface area contributed by atoms with Crippen molar-refractivity contribution in [3.8, 4) is 0 Å². The molecule has 1 heterocycles. The van der Waals surface area contributed by atoms with E-state index in [1.54, 1.807) is 19.2 Å². The number of Topliss-reactive ketones (excluding diaryl/α,β-unsaturated/α-hetero) is 1. The Bertz CT molecular complexity index is 680. The number of benzene rings is 1. The summed E-state index contributed by atoms with van der Waals surface area (Å²) in [7, 11) is 0. The van der Waals surface area contributed by atoms with Gasteiger partial charge in [0, 0.05) is 27.5 Å². The Labute approximate surface area is 138 Å². The van der Waals surface area contributed by atoms with Crippen LogP contribution >= 0.6 is 27.5 Å². The molecule has 1 aliphatic heterocycles. The van der Waals surface area contributed by atoms with Crippen LogP contribution in [0.5, 0.6) is 0 Å². The van der Waals surface area contributed by atoms with Crippen LogP contribution in [-0.2, 0) is 4.79 Å². The lowest BCUT2D eigenvalue weighted by Crippen LogP contribution is -2.15. The zero-order chi connectivity index (χ0) is 15.6. The summed E-state index contributed by atoms with van der Waals surface area (Å²) < 4.78 is 0.907. The molecule has 0 saturated carbocycles. The molecule has 0 unspecified atom stereocenters. The largest absolute Gasteiger partial charge is 0.323 e. The summed E-state index contributed by atoms with van der Waals surface area (Å²) in [6.45, 7) is 7.29. The highest BCUT2D eigenvalue weighted by Gasteiger charge is 2.21. The van der Waals surface area contributed by atoms with E-state index in [1.165, 1.54) is 0 Å². The van der Waals surface area contributed by atoms with E-state index in [0.717, 1.165) is 21.3 Å².